The highest BCUT2D eigenvalue weighted by Crippen LogP contribution is 2.43. The first kappa shape index (κ1) is 13.9. The van der Waals surface area contributed by atoms with E-state index in [0.29, 0.717) is 5.02 Å². The molecule has 3 rings (SSSR count). The maximum atomic E-state index is 11.9. The molecule has 0 aromatic heterocycles. The molecule has 0 spiro atoms. The number of carbonyl (C=O) groups is 1. The van der Waals surface area contributed by atoms with Crippen molar-refractivity contribution in [1.82, 2.24) is 0 Å². The van der Waals surface area contributed by atoms with Crippen molar-refractivity contribution < 1.29 is 9.90 Å². The molecule has 108 valence electrons. The number of hydrogen-bond acceptors (Lipinski definition) is 2. The van der Waals surface area contributed by atoms with Crippen molar-refractivity contribution in [1.29, 1.82) is 0 Å². The fourth-order valence-electron chi connectivity index (χ4n) is 3.45. The molecule has 2 atom stereocenters. The topological polar surface area (TPSA) is 49.3 Å². The normalized spacial score (nSPS) is 24.4. The van der Waals surface area contributed by atoms with E-state index < -0.39 is 6.10 Å². The van der Waals surface area contributed by atoms with E-state index in [1.807, 2.05) is 13.0 Å². The summed E-state index contributed by atoms with van der Waals surface area (Å²) in [5.41, 5.74) is 2.48. The zero-order valence-electron chi connectivity index (χ0n) is 11.7. The van der Waals surface area contributed by atoms with E-state index in [1.54, 1.807) is 6.07 Å². The van der Waals surface area contributed by atoms with Crippen LogP contribution >= 0.6 is 11.6 Å². The van der Waals surface area contributed by atoms with Crippen LogP contribution < -0.4 is 5.32 Å². The number of hydrogen-bond donors (Lipinski definition) is 2. The van der Waals surface area contributed by atoms with Gasteiger partial charge in [-0.05, 0) is 43.4 Å². The number of anilines is 1. The summed E-state index contributed by atoms with van der Waals surface area (Å²) in [7, 11) is 0. The highest BCUT2D eigenvalue weighted by atomic mass is 35.5. The van der Waals surface area contributed by atoms with Gasteiger partial charge in [-0.2, -0.15) is 0 Å². The van der Waals surface area contributed by atoms with E-state index in [4.69, 9.17) is 11.6 Å². The number of aliphatic hydroxyl groups excluding tert-OH is 1. The van der Waals surface area contributed by atoms with Gasteiger partial charge in [0.25, 0.3) is 0 Å². The molecule has 1 amide bonds. The molecule has 1 fully saturated rings. The van der Waals surface area contributed by atoms with Gasteiger partial charge in [-0.15, -0.1) is 0 Å². The second-order valence-corrected chi connectivity index (χ2v) is 6.45. The number of benzene rings is 1. The van der Waals surface area contributed by atoms with E-state index in [-0.39, 0.29) is 17.7 Å². The zero-order valence-corrected chi connectivity index (χ0v) is 12.4. The molecule has 2 N–H and O–H groups in total. The number of halogens is 1. The van der Waals surface area contributed by atoms with Crippen molar-refractivity contribution in [2.75, 3.05) is 5.32 Å². The number of nitrogens with one attached hydrogen (secondary N) is 1. The van der Waals surface area contributed by atoms with Crippen LogP contribution in [0.3, 0.4) is 0 Å². The molecule has 20 heavy (non-hydrogen) atoms. The molecule has 1 aromatic rings. The van der Waals surface area contributed by atoms with E-state index in [9.17, 15) is 9.90 Å². The maximum absolute atomic E-state index is 11.9. The van der Waals surface area contributed by atoms with E-state index >= 15 is 0 Å². The summed E-state index contributed by atoms with van der Waals surface area (Å²) in [5.74, 6) is 0.0690. The molecule has 1 saturated carbocycles. The van der Waals surface area contributed by atoms with Gasteiger partial charge in [-0.1, -0.05) is 30.9 Å². The average Bonchev–Trinajstić information content (AvgIpc) is 2.74. The molecule has 0 radical (unpaired) electrons. The number of carbonyl (C=O) groups excluding carboxylic acids is 1. The molecule has 1 aromatic carbocycles. The van der Waals surface area contributed by atoms with Gasteiger partial charge in [0.15, 0.2) is 0 Å². The molecule has 2 aliphatic rings. The Hall–Kier alpha value is -1.06. The second kappa shape index (κ2) is 5.38. The first-order valence-corrected chi connectivity index (χ1v) is 7.78. The third kappa shape index (κ3) is 2.33. The lowest BCUT2D eigenvalue weighted by molar-refractivity contribution is -0.116. The number of amides is 1. The molecule has 2 unspecified atom stereocenters. The number of aliphatic hydroxyl groups is 1. The molecule has 3 nitrogen and oxygen atoms in total. The standard InChI is InChI=1S/C16H20ClNO2/c1-9-12-7-11(17)8-13(14(12)18-16(9)20)15(19)10-5-3-2-4-6-10/h7-10,15,19H,2-6H2,1H3,(H,18,20). The Bertz CT molecular complexity index is 538. The van der Waals surface area contributed by atoms with E-state index in [0.717, 1.165) is 29.7 Å². The van der Waals surface area contributed by atoms with E-state index in [2.05, 4.69) is 5.32 Å². The summed E-state index contributed by atoms with van der Waals surface area (Å²) >= 11 is 6.17. The summed E-state index contributed by atoms with van der Waals surface area (Å²) in [4.78, 5) is 11.9. The quantitative estimate of drug-likeness (QED) is 0.865. The SMILES string of the molecule is CC1C(=O)Nc2c1cc(Cl)cc2C(O)C1CCCCC1. The fraction of sp³-hybridized carbons (Fsp3) is 0.562. The maximum Gasteiger partial charge on any atom is 0.231 e. The van der Waals surface area contributed by atoms with Gasteiger partial charge in [0.05, 0.1) is 17.7 Å². The molecular formula is C16H20ClNO2. The van der Waals surface area contributed by atoms with E-state index in [1.165, 1.54) is 19.3 Å². The highest BCUT2D eigenvalue weighted by molar-refractivity contribution is 6.31. The van der Waals surface area contributed by atoms with Crippen LogP contribution in [0.2, 0.25) is 5.02 Å². The van der Waals surface area contributed by atoms with Crippen molar-refractivity contribution in [3.05, 3.63) is 28.3 Å². The van der Waals surface area contributed by atoms with Crippen molar-refractivity contribution in [3.63, 3.8) is 0 Å². The van der Waals surface area contributed by atoms with Gasteiger partial charge in [-0.3, -0.25) is 4.79 Å². The Labute approximate surface area is 124 Å². The van der Waals surface area contributed by atoms with Crippen molar-refractivity contribution in [3.8, 4) is 0 Å². The molecule has 4 heteroatoms. The molecule has 1 aliphatic carbocycles. The van der Waals surface area contributed by atoms with Gasteiger partial charge in [0, 0.05) is 10.6 Å². The lowest BCUT2D eigenvalue weighted by Crippen LogP contribution is -2.17. The lowest BCUT2D eigenvalue weighted by Gasteiger charge is -2.28. The monoisotopic (exact) mass is 293 g/mol. The minimum absolute atomic E-state index is 0.0145. The molecule has 0 saturated heterocycles. The third-order valence-electron chi connectivity index (χ3n) is 4.69. The number of fused-ring (bicyclic) bond motifs is 1. The minimum atomic E-state index is -0.534. The minimum Gasteiger partial charge on any atom is -0.388 e. The Balaban J connectivity index is 1.97. The highest BCUT2D eigenvalue weighted by Gasteiger charge is 2.33. The number of rotatable bonds is 2. The average molecular weight is 294 g/mol. The molecule has 0 bridgehead atoms. The van der Waals surface area contributed by atoms with Gasteiger partial charge in [0.1, 0.15) is 0 Å². The Morgan fingerprint density at radius 1 is 1.30 bits per heavy atom. The summed E-state index contributed by atoms with van der Waals surface area (Å²) in [6.45, 7) is 1.87. The van der Waals surface area contributed by atoms with Crippen LogP contribution in [0, 0.1) is 5.92 Å². The van der Waals surface area contributed by atoms with Gasteiger partial charge in [0.2, 0.25) is 5.91 Å². The first-order chi connectivity index (χ1) is 9.58. The van der Waals surface area contributed by atoms with Crippen molar-refractivity contribution in [2.24, 2.45) is 5.92 Å². The van der Waals surface area contributed by atoms with Gasteiger partial charge < -0.3 is 10.4 Å². The van der Waals surface area contributed by atoms with Crippen LogP contribution in [0.15, 0.2) is 12.1 Å². The lowest BCUT2D eigenvalue weighted by atomic mass is 9.82. The summed E-state index contributed by atoms with van der Waals surface area (Å²) in [6, 6.07) is 3.63. The first-order valence-electron chi connectivity index (χ1n) is 7.40. The van der Waals surface area contributed by atoms with Crippen LogP contribution in [-0.4, -0.2) is 11.0 Å². The fourth-order valence-corrected chi connectivity index (χ4v) is 3.68. The van der Waals surface area contributed by atoms with Crippen LogP contribution in [0.1, 0.15) is 62.2 Å². The Kier molecular flexibility index (Phi) is 3.74. The van der Waals surface area contributed by atoms with Crippen LogP contribution in [0.4, 0.5) is 5.69 Å². The third-order valence-corrected chi connectivity index (χ3v) is 4.91. The predicted molar refractivity (Wildman–Crippen MR) is 80.0 cm³/mol. The summed E-state index contributed by atoms with van der Waals surface area (Å²) in [6.07, 6.45) is 5.16. The zero-order chi connectivity index (χ0) is 14.3. The largest absolute Gasteiger partial charge is 0.388 e. The van der Waals surface area contributed by atoms with Gasteiger partial charge in [-0.25, -0.2) is 0 Å². The molecular weight excluding hydrogens is 274 g/mol. The van der Waals surface area contributed by atoms with Crippen molar-refractivity contribution >= 4 is 23.2 Å². The Morgan fingerprint density at radius 3 is 2.70 bits per heavy atom. The summed E-state index contributed by atoms with van der Waals surface area (Å²) in [5, 5.41) is 14.2. The summed E-state index contributed by atoms with van der Waals surface area (Å²) < 4.78 is 0. The van der Waals surface area contributed by atoms with Gasteiger partial charge >= 0.3 is 0 Å². The van der Waals surface area contributed by atoms with Crippen LogP contribution in [-0.2, 0) is 4.79 Å². The smallest absolute Gasteiger partial charge is 0.231 e. The van der Waals surface area contributed by atoms with Crippen LogP contribution in [0.25, 0.3) is 0 Å². The predicted octanol–water partition coefficient (Wildman–Crippen LogP) is 4.01. The Morgan fingerprint density at radius 2 is 2.00 bits per heavy atom. The second-order valence-electron chi connectivity index (χ2n) is 6.01. The molecule has 1 heterocycles. The molecule has 1 aliphatic heterocycles. The van der Waals surface area contributed by atoms with Crippen LogP contribution in [0.5, 0.6) is 0 Å². The van der Waals surface area contributed by atoms with Crippen molar-refractivity contribution in [2.45, 2.75) is 51.0 Å².